The molecule has 1 aromatic carbocycles. The number of rotatable bonds is 3. The van der Waals surface area contributed by atoms with Gasteiger partial charge in [0.1, 0.15) is 6.07 Å². The van der Waals surface area contributed by atoms with Crippen molar-refractivity contribution in [3.8, 4) is 6.07 Å². The second-order valence-corrected chi connectivity index (χ2v) is 7.02. The molecular weight excluding hydrogens is 248 g/mol. The molecule has 0 radical (unpaired) electrons. The highest BCUT2D eigenvalue weighted by Crippen LogP contribution is 2.23. The molecule has 96 valence electrons. The van der Waals surface area contributed by atoms with E-state index in [9.17, 15) is 8.42 Å². The van der Waals surface area contributed by atoms with Crippen molar-refractivity contribution in [2.45, 2.75) is 25.0 Å². The fourth-order valence-electron chi connectivity index (χ4n) is 2.30. The standard InChI is InChI=1S/C13H16N2O2S/c1-10-4-2-5-11(8-14)13(10)15-9-12-6-3-7-18(12,16)17/h2,4-5,12,15H,3,6-7,9H2,1H3. The zero-order valence-electron chi connectivity index (χ0n) is 10.3. The highest BCUT2D eigenvalue weighted by atomic mass is 32.2. The van der Waals surface area contributed by atoms with E-state index in [-0.39, 0.29) is 11.0 Å². The van der Waals surface area contributed by atoms with Crippen LogP contribution in [0.3, 0.4) is 0 Å². The third kappa shape index (κ3) is 2.49. The van der Waals surface area contributed by atoms with Crippen LogP contribution in [0.4, 0.5) is 5.69 Å². The second kappa shape index (κ2) is 4.99. The lowest BCUT2D eigenvalue weighted by Gasteiger charge is -2.14. The van der Waals surface area contributed by atoms with Gasteiger partial charge in [-0.3, -0.25) is 0 Å². The highest BCUT2D eigenvalue weighted by Gasteiger charge is 2.31. The van der Waals surface area contributed by atoms with Crippen LogP contribution in [0.25, 0.3) is 0 Å². The number of anilines is 1. The van der Waals surface area contributed by atoms with E-state index in [1.165, 1.54) is 0 Å². The van der Waals surface area contributed by atoms with E-state index in [0.29, 0.717) is 18.5 Å². The summed E-state index contributed by atoms with van der Waals surface area (Å²) in [4.78, 5) is 0. The fourth-order valence-corrected chi connectivity index (χ4v) is 4.06. The molecule has 0 saturated carbocycles. The predicted molar refractivity (Wildman–Crippen MR) is 71.2 cm³/mol. The lowest BCUT2D eigenvalue weighted by atomic mass is 10.1. The summed E-state index contributed by atoms with van der Waals surface area (Å²) in [6.07, 6.45) is 1.46. The van der Waals surface area contributed by atoms with E-state index in [0.717, 1.165) is 17.7 Å². The van der Waals surface area contributed by atoms with Gasteiger partial charge < -0.3 is 5.32 Å². The van der Waals surface area contributed by atoms with Crippen molar-refractivity contribution < 1.29 is 8.42 Å². The van der Waals surface area contributed by atoms with Crippen molar-refractivity contribution in [2.75, 3.05) is 17.6 Å². The maximum absolute atomic E-state index is 11.7. The Kier molecular flexibility index (Phi) is 3.58. The third-order valence-corrected chi connectivity index (χ3v) is 5.64. The van der Waals surface area contributed by atoms with Crippen LogP contribution in [-0.2, 0) is 9.84 Å². The van der Waals surface area contributed by atoms with Gasteiger partial charge in [-0.25, -0.2) is 8.42 Å². The van der Waals surface area contributed by atoms with Crippen LogP contribution in [-0.4, -0.2) is 26.0 Å². The number of aryl methyl sites for hydroxylation is 1. The molecule has 5 heteroatoms. The second-order valence-electron chi connectivity index (χ2n) is 4.62. The Labute approximate surface area is 108 Å². The quantitative estimate of drug-likeness (QED) is 0.904. The summed E-state index contributed by atoms with van der Waals surface area (Å²) in [6.45, 7) is 2.30. The maximum atomic E-state index is 11.7. The zero-order valence-corrected chi connectivity index (χ0v) is 11.1. The minimum absolute atomic E-state index is 0.290. The minimum atomic E-state index is -2.94. The molecule has 0 amide bonds. The average molecular weight is 264 g/mol. The minimum Gasteiger partial charge on any atom is -0.382 e. The predicted octanol–water partition coefficient (Wildman–Crippen LogP) is 1.86. The third-order valence-electron chi connectivity index (χ3n) is 3.36. The normalized spacial score (nSPS) is 21.4. The molecule has 1 saturated heterocycles. The van der Waals surface area contributed by atoms with Crippen LogP contribution in [0.2, 0.25) is 0 Å². The number of para-hydroxylation sites is 1. The van der Waals surface area contributed by atoms with Crippen LogP contribution in [0.5, 0.6) is 0 Å². The van der Waals surface area contributed by atoms with Crippen LogP contribution in [0, 0.1) is 18.3 Å². The van der Waals surface area contributed by atoms with Crippen LogP contribution in [0.15, 0.2) is 18.2 Å². The summed E-state index contributed by atoms with van der Waals surface area (Å²) in [5.41, 5.74) is 2.27. The lowest BCUT2D eigenvalue weighted by molar-refractivity contribution is 0.591. The van der Waals surface area contributed by atoms with Gasteiger partial charge in [0.05, 0.1) is 22.3 Å². The van der Waals surface area contributed by atoms with E-state index in [4.69, 9.17) is 5.26 Å². The molecule has 0 bridgehead atoms. The molecule has 0 aliphatic carbocycles. The Bertz CT molecular complexity index is 587. The number of nitrogens with zero attached hydrogens (tertiary/aromatic N) is 1. The summed E-state index contributed by atoms with van der Waals surface area (Å²) < 4.78 is 23.4. The van der Waals surface area contributed by atoms with Gasteiger partial charge in [0.2, 0.25) is 0 Å². The molecule has 1 aromatic rings. The maximum Gasteiger partial charge on any atom is 0.154 e. The zero-order chi connectivity index (χ0) is 13.2. The van der Waals surface area contributed by atoms with Crippen LogP contribution in [0.1, 0.15) is 24.0 Å². The Morgan fingerprint density at radius 3 is 2.89 bits per heavy atom. The largest absolute Gasteiger partial charge is 0.382 e. The number of benzene rings is 1. The first-order valence-electron chi connectivity index (χ1n) is 6.00. The molecule has 1 unspecified atom stereocenters. The van der Waals surface area contributed by atoms with Crippen molar-refractivity contribution in [1.29, 1.82) is 5.26 Å². The Morgan fingerprint density at radius 1 is 1.50 bits per heavy atom. The van der Waals surface area contributed by atoms with Gasteiger partial charge in [-0.1, -0.05) is 12.1 Å². The van der Waals surface area contributed by atoms with Gasteiger partial charge in [0, 0.05) is 6.54 Å². The number of hydrogen-bond donors (Lipinski definition) is 1. The van der Waals surface area contributed by atoms with Gasteiger partial charge in [-0.2, -0.15) is 5.26 Å². The number of nitrogens with one attached hydrogen (secondary N) is 1. The van der Waals surface area contributed by atoms with Crippen molar-refractivity contribution in [3.05, 3.63) is 29.3 Å². The molecule has 1 N–H and O–H groups in total. The summed E-state index contributed by atoms with van der Waals surface area (Å²) >= 11 is 0. The average Bonchev–Trinajstić information content (AvgIpc) is 2.66. The van der Waals surface area contributed by atoms with E-state index < -0.39 is 9.84 Å². The molecule has 18 heavy (non-hydrogen) atoms. The van der Waals surface area contributed by atoms with E-state index in [2.05, 4.69) is 11.4 Å². The molecule has 2 rings (SSSR count). The van der Waals surface area contributed by atoms with Crippen molar-refractivity contribution in [2.24, 2.45) is 0 Å². The van der Waals surface area contributed by atoms with E-state index in [1.54, 1.807) is 6.07 Å². The topological polar surface area (TPSA) is 70.0 Å². The number of hydrogen-bond acceptors (Lipinski definition) is 4. The Balaban J connectivity index is 2.14. The molecule has 1 aliphatic rings. The summed E-state index contributed by atoms with van der Waals surface area (Å²) in [7, 11) is -2.94. The monoisotopic (exact) mass is 264 g/mol. The van der Waals surface area contributed by atoms with Gasteiger partial charge >= 0.3 is 0 Å². The molecule has 1 aliphatic heterocycles. The lowest BCUT2D eigenvalue weighted by Crippen LogP contribution is -2.25. The van der Waals surface area contributed by atoms with Crippen molar-refractivity contribution >= 4 is 15.5 Å². The van der Waals surface area contributed by atoms with Gasteiger partial charge in [0.15, 0.2) is 9.84 Å². The number of sulfone groups is 1. The molecular formula is C13H16N2O2S. The van der Waals surface area contributed by atoms with Crippen molar-refractivity contribution in [3.63, 3.8) is 0 Å². The van der Waals surface area contributed by atoms with Gasteiger partial charge in [-0.05, 0) is 31.4 Å². The smallest absolute Gasteiger partial charge is 0.154 e. The summed E-state index contributed by atoms with van der Waals surface area (Å²) in [6, 6.07) is 7.59. The Morgan fingerprint density at radius 2 is 2.28 bits per heavy atom. The first kappa shape index (κ1) is 12.9. The van der Waals surface area contributed by atoms with Crippen LogP contribution >= 0.6 is 0 Å². The molecule has 1 heterocycles. The molecule has 4 nitrogen and oxygen atoms in total. The number of nitriles is 1. The van der Waals surface area contributed by atoms with Crippen LogP contribution < -0.4 is 5.32 Å². The molecule has 1 fully saturated rings. The summed E-state index contributed by atoms with van der Waals surface area (Å²) in [5, 5.41) is 11.8. The molecule has 0 aromatic heterocycles. The first-order valence-corrected chi connectivity index (χ1v) is 7.71. The fraction of sp³-hybridized carbons (Fsp3) is 0.462. The first-order chi connectivity index (χ1) is 8.54. The van der Waals surface area contributed by atoms with E-state index in [1.807, 2.05) is 19.1 Å². The molecule has 0 spiro atoms. The van der Waals surface area contributed by atoms with Crippen molar-refractivity contribution in [1.82, 2.24) is 0 Å². The van der Waals surface area contributed by atoms with Gasteiger partial charge in [0.25, 0.3) is 0 Å². The Hall–Kier alpha value is -1.54. The molecule has 1 atom stereocenters. The summed E-state index contributed by atoms with van der Waals surface area (Å²) in [5.74, 6) is 0.290. The van der Waals surface area contributed by atoms with Gasteiger partial charge in [-0.15, -0.1) is 0 Å². The van der Waals surface area contributed by atoms with E-state index >= 15 is 0 Å². The highest BCUT2D eigenvalue weighted by molar-refractivity contribution is 7.92. The SMILES string of the molecule is Cc1cccc(C#N)c1NCC1CCCS1(=O)=O.